The average molecular weight is 360 g/mol. The van der Waals surface area contributed by atoms with Crippen LogP contribution >= 0.6 is 11.3 Å². The lowest BCUT2D eigenvalue weighted by Crippen LogP contribution is -2.40. The van der Waals surface area contributed by atoms with Gasteiger partial charge < -0.3 is 14.2 Å². The third kappa shape index (κ3) is 3.80. The Bertz CT molecular complexity index is 817. The Morgan fingerprint density at radius 2 is 2.20 bits per heavy atom. The van der Waals surface area contributed by atoms with E-state index >= 15 is 0 Å². The second-order valence-electron chi connectivity index (χ2n) is 5.17. The number of amides is 1. The van der Waals surface area contributed by atoms with Gasteiger partial charge in [0.15, 0.2) is 16.6 Å². The number of aromatic nitrogens is 1. The SMILES string of the molecule is C=CCOC(=O)c1sc(NC(=O)C2COc3ccccc3O2)nc1C. The Morgan fingerprint density at radius 3 is 2.96 bits per heavy atom. The van der Waals surface area contributed by atoms with Crippen molar-refractivity contribution in [2.24, 2.45) is 0 Å². The predicted octanol–water partition coefficient (Wildman–Crippen LogP) is 2.57. The van der Waals surface area contributed by atoms with E-state index in [4.69, 9.17) is 14.2 Å². The third-order valence-corrected chi connectivity index (χ3v) is 4.40. The molecular formula is C17H16N2O5S. The summed E-state index contributed by atoms with van der Waals surface area (Å²) in [5.74, 6) is 0.220. The number of anilines is 1. The van der Waals surface area contributed by atoms with Crippen LogP contribution in [0.15, 0.2) is 36.9 Å². The van der Waals surface area contributed by atoms with Crippen molar-refractivity contribution >= 4 is 28.3 Å². The number of thiazole rings is 1. The number of para-hydroxylation sites is 2. The first-order valence-corrected chi connectivity index (χ1v) is 8.35. The topological polar surface area (TPSA) is 86.8 Å². The zero-order valence-corrected chi connectivity index (χ0v) is 14.3. The molecule has 1 aliphatic heterocycles. The largest absolute Gasteiger partial charge is 0.485 e. The normalized spacial score (nSPS) is 15.3. The van der Waals surface area contributed by atoms with Gasteiger partial charge in [0.05, 0.1) is 5.69 Å². The van der Waals surface area contributed by atoms with Crippen LogP contribution in [0.1, 0.15) is 15.4 Å². The number of aryl methyl sites for hydroxylation is 1. The van der Waals surface area contributed by atoms with E-state index < -0.39 is 18.0 Å². The van der Waals surface area contributed by atoms with E-state index in [2.05, 4.69) is 16.9 Å². The standard InChI is InChI=1S/C17H16N2O5S/c1-3-8-22-16(21)14-10(2)18-17(25-14)19-15(20)13-9-23-11-6-4-5-7-12(11)24-13/h3-7,13H,1,8-9H2,2H3,(H,18,19,20). The van der Waals surface area contributed by atoms with Crippen molar-refractivity contribution in [3.8, 4) is 11.5 Å². The highest BCUT2D eigenvalue weighted by Gasteiger charge is 2.28. The van der Waals surface area contributed by atoms with Gasteiger partial charge in [-0.1, -0.05) is 36.1 Å². The van der Waals surface area contributed by atoms with Gasteiger partial charge >= 0.3 is 5.97 Å². The molecule has 1 aromatic heterocycles. The fraction of sp³-hybridized carbons (Fsp3) is 0.235. The Morgan fingerprint density at radius 1 is 1.44 bits per heavy atom. The predicted molar refractivity (Wildman–Crippen MR) is 92.3 cm³/mol. The average Bonchev–Trinajstić information content (AvgIpc) is 2.99. The van der Waals surface area contributed by atoms with Crippen LogP contribution in [0.2, 0.25) is 0 Å². The number of carbonyl (C=O) groups excluding carboxylic acids is 2. The molecule has 130 valence electrons. The first kappa shape index (κ1) is 17.0. The lowest BCUT2D eigenvalue weighted by Gasteiger charge is -2.25. The molecule has 0 radical (unpaired) electrons. The van der Waals surface area contributed by atoms with Gasteiger partial charge in [-0.25, -0.2) is 9.78 Å². The van der Waals surface area contributed by atoms with Crippen LogP contribution in [-0.4, -0.2) is 36.2 Å². The first-order valence-electron chi connectivity index (χ1n) is 7.53. The Kier molecular flexibility index (Phi) is 4.99. The van der Waals surface area contributed by atoms with E-state index in [1.165, 1.54) is 6.08 Å². The third-order valence-electron chi connectivity index (χ3n) is 3.35. The van der Waals surface area contributed by atoms with Gasteiger partial charge in [-0.2, -0.15) is 0 Å². The molecule has 7 nitrogen and oxygen atoms in total. The van der Waals surface area contributed by atoms with Gasteiger partial charge in [0, 0.05) is 0 Å². The molecule has 8 heteroatoms. The van der Waals surface area contributed by atoms with Crippen molar-refractivity contribution < 1.29 is 23.8 Å². The number of nitrogens with zero attached hydrogens (tertiary/aromatic N) is 1. The summed E-state index contributed by atoms with van der Waals surface area (Å²) >= 11 is 1.05. The van der Waals surface area contributed by atoms with Gasteiger partial charge in [0.25, 0.3) is 5.91 Å². The van der Waals surface area contributed by atoms with Crippen molar-refractivity contribution in [1.29, 1.82) is 0 Å². The van der Waals surface area contributed by atoms with Crippen molar-refractivity contribution in [3.05, 3.63) is 47.5 Å². The maximum absolute atomic E-state index is 12.4. The van der Waals surface area contributed by atoms with Crippen LogP contribution in [0.5, 0.6) is 11.5 Å². The number of hydrogen-bond acceptors (Lipinski definition) is 7. The minimum Gasteiger partial charge on any atom is -0.485 e. The summed E-state index contributed by atoms with van der Waals surface area (Å²) in [4.78, 5) is 28.8. The summed E-state index contributed by atoms with van der Waals surface area (Å²) in [6.07, 6.45) is 0.685. The van der Waals surface area contributed by atoms with Crippen LogP contribution in [0, 0.1) is 6.92 Å². The minimum absolute atomic E-state index is 0.0986. The minimum atomic E-state index is -0.796. The maximum atomic E-state index is 12.4. The van der Waals surface area contributed by atoms with Crippen LogP contribution in [-0.2, 0) is 9.53 Å². The molecule has 1 aliphatic rings. The number of esters is 1. The molecular weight excluding hydrogens is 344 g/mol. The lowest BCUT2D eigenvalue weighted by molar-refractivity contribution is -0.125. The molecule has 25 heavy (non-hydrogen) atoms. The van der Waals surface area contributed by atoms with E-state index in [0.717, 1.165) is 11.3 Å². The van der Waals surface area contributed by atoms with Crippen molar-refractivity contribution in [2.45, 2.75) is 13.0 Å². The fourth-order valence-corrected chi connectivity index (χ4v) is 3.04. The zero-order valence-electron chi connectivity index (χ0n) is 13.5. The fourth-order valence-electron chi connectivity index (χ4n) is 2.17. The number of benzene rings is 1. The van der Waals surface area contributed by atoms with Crippen LogP contribution < -0.4 is 14.8 Å². The Balaban J connectivity index is 1.66. The molecule has 0 aliphatic carbocycles. The monoisotopic (exact) mass is 360 g/mol. The van der Waals surface area contributed by atoms with E-state index in [1.807, 2.05) is 6.07 Å². The Hall–Kier alpha value is -2.87. The highest BCUT2D eigenvalue weighted by atomic mass is 32.1. The van der Waals surface area contributed by atoms with Gasteiger partial charge in [0.2, 0.25) is 6.10 Å². The smallest absolute Gasteiger partial charge is 0.350 e. The van der Waals surface area contributed by atoms with Crippen molar-refractivity contribution in [1.82, 2.24) is 4.98 Å². The first-order chi connectivity index (χ1) is 12.1. The van der Waals surface area contributed by atoms with E-state index in [0.29, 0.717) is 27.2 Å². The van der Waals surface area contributed by atoms with Crippen molar-refractivity contribution in [2.75, 3.05) is 18.5 Å². The summed E-state index contributed by atoms with van der Waals surface area (Å²) in [6.45, 7) is 5.38. The van der Waals surface area contributed by atoms with Crippen LogP contribution in [0.25, 0.3) is 0 Å². The summed E-state index contributed by atoms with van der Waals surface area (Å²) in [6, 6.07) is 7.13. The molecule has 2 heterocycles. The molecule has 1 amide bonds. The van der Waals surface area contributed by atoms with E-state index in [1.54, 1.807) is 25.1 Å². The molecule has 1 unspecified atom stereocenters. The summed E-state index contributed by atoms with van der Waals surface area (Å²) < 4.78 is 16.1. The summed E-state index contributed by atoms with van der Waals surface area (Å²) in [5, 5.41) is 2.95. The zero-order chi connectivity index (χ0) is 17.8. The lowest BCUT2D eigenvalue weighted by atomic mass is 10.2. The maximum Gasteiger partial charge on any atom is 0.350 e. The molecule has 0 fully saturated rings. The molecule has 1 atom stereocenters. The van der Waals surface area contributed by atoms with Gasteiger partial charge in [-0.05, 0) is 19.1 Å². The number of nitrogens with one attached hydrogen (secondary N) is 1. The molecule has 1 aromatic carbocycles. The highest BCUT2D eigenvalue weighted by Crippen LogP contribution is 2.31. The summed E-state index contributed by atoms with van der Waals surface area (Å²) in [7, 11) is 0. The molecule has 1 N–H and O–H groups in total. The molecule has 0 saturated carbocycles. The number of hydrogen-bond donors (Lipinski definition) is 1. The van der Waals surface area contributed by atoms with Gasteiger partial charge in [-0.15, -0.1) is 0 Å². The van der Waals surface area contributed by atoms with Crippen LogP contribution in [0.3, 0.4) is 0 Å². The second-order valence-corrected chi connectivity index (χ2v) is 6.17. The van der Waals surface area contributed by atoms with E-state index in [9.17, 15) is 9.59 Å². The number of ether oxygens (including phenoxy) is 3. The summed E-state index contributed by atoms with van der Waals surface area (Å²) in [5.41, 5.74) is 0.487. The molecule has 3 rings (SSSR count). The molecule has 0 spiro atoms. The van der Waals surface area contributed by atoms with Gasteiger partial charge in [-0.3, -0.25) is 10.1 Å². The second kappa shape index (κ2) is 7.35. The molecule has 2 aromatic rings. The van der Waals surface area contributed by atoms with Crippen LogP contribution in [0.4, 0.5) is 5.13 Å². The number of rotatable bonds is 5. The number of carbonyl (C=O) groups is 2. The Labute approximate surface area is 148 Å². The van der Waals surface area contributed by atoms with Gasteiger partial charge in [0.1, 0.15) is 18.1 Å². The van der Waals surface area contributed by atoms with E-state index in [-0.39, 0.29) is 13.2 Å². The molecule has 0 bridgehead atoms. The molecule has 0 saturated heterocycles. The highest BCUT2D eigenvalue weighted by molar-refractivity contribution is 7.17. The number of fused-ring (bicyclic) bond motifs is 1. The van der Waals surface area contributed by atoms with Crippen molar-refractivity contribution in [3.63, 3.8) is 0 Å². The quantitative estimate of drug-likeness (QED) is 0.651.